The van der Waals surface area contributed by atoms with Crippen LogP contribution in [0, 0.1) is 0 Å². The van der Waals surface area contributed by atoms with Gasteiger partial charge in [0, 0.05) is 32.6 Å². The van der Waals surface area contributed by atoms with Crippen LogP contribution in [-0.4, -0.2) is 80.9 Å². The number of carbonyl (C=O) groups is 2. The Morgan fingerprint density at radius 3 is 1.44 bits per heavy atom. The lowest BCUT2D eigenvalue weighted by molar-refractivity contribution is -0.159. The van der Waals surface area contributed by atoms with Crippen LogP contribution in [-0.2, 0) is 28.5 Å². The van der Waals surface area contributed by atoms with Crippen LogP contribution in [0.4, 0.5) is 0 Å². The summed E-state index contributed by atoms with van der Waals surface area (Å²) in [4.78, 5) is 26.8. The minimum Gasteiger partial charge on any atom is -0.466 e. The molecule has 0 saturated heterocycles. The van der Waals surface area contributed by atoms with Crippen LogP contribution in [0.3, 0.4) is 0 Å². The molecule has 0 amide bonds. The van der Waals surface area contributed by atoms with Crippen LogP contribution in [0.5, 0.6) is 0 Å². The van der Waals surface area contributed by atoms with Gasteiger partial charge in [0.05, 0.1) is 26.2 Å². The molecule has 8 heteroatoms. The van der Waals surface area contributed by atoms with Crippen LogP contribution in [0.25, 0.3) is 0 Å². The van der Waals surface area contributed by atoms with Gasteiger partial charge < -0.3 is 29.0 Å². The molecular weight excluding hydrogens is 679 g/mol. The summed E-state index contributed by atoms with van der Waals surface area (Å²) in [6.07, 6.45) is 37.8. The first-order valence-corrected chi connectivity index (χ1v) is 22.7. The van der Waals surface area contributed by atoms with E-state index in [1.165, 1.54) is 44.9 Å². The van der Waals surface area contributed by atoms with E-state index in [1.54, 1.807) is 0 Å². The zero-order chi connectivity index (χ0) is 39.4. The van der Waals surface area contributed by atoms with Crippen LogP contribution in [0.15, 0.2) is 24.3 Å². The zero-order valence-electron chi connectivity index (χ0n) is 35.7. The molecule has 0 aromatic carbocycles. The number of hydrogen-bond acceptors (Lipinski definition) is 8. The van der Waals surface area contributed by atoms with Crippen molar-refractivity contribution >= 4 is 11.9 Å². The highest BCUT2D eigenvalue weighted by Gasteiger charge is 2.13. The van der Waals surface area contributed by atoms with E-state index in [2.05, 4.69) is 50.0 Å². The molecule has 0 heterocycles. The molecular formula is C46H87NO7. The lowest BCUT2D eigenvalue weighted by atomic mass is 10.1. The summed E-state index contributed by atoms with van der Waals surface area (Å²) in [5.74, 6) is -0.209. The molecule has 0 aliphatic heterocycles. The van der Waals surface area contributed by atoms with Crippen molar-refractivity contribution in [1.29, 1.82) is 0 Å². The number of esters is 2. The quantitative estimate of drug-likeness (QED) is 0.0284. The lowest BCUT2D eigenvalue weighted by Crippen LogP contribution is -2.29. The van der Waals surface area contributed by atoms with Gasteiger partial charge in [0.25, 0.3) is 0 Å². The number of hydrogen-bond donors (Lipinski definition) is 1. The summed E-state index contributed by atoms with van der Waals surface area (Å²) in [7, 11) is 0. The Labute approximate surface area is 333 Å². The molecule has 0 bridgehead atoms. The van der Waals surface area contributed by atoms with Gasteiger partial charge in [-0.2, -0.15) is 0 Å². The monoisotopic (exact) mass is 766 g/mol. The highest BCUT2D eigenvalue weighted by molar-refractivity contribution is 5.69. The Morgan fingerprint density at radius 2 is 0.944 bits per heavy atom. The fraction of sp³-hybridized carbons (Fsp3) is 0.870. The Kier molecular flexibility index (Phi) is 42.6. The highest BCUT2D eigenvalue weighted by Crippen LogP contribution is 2.13. The first-order valence-electron chi connectivity index (χ1n) is 22.7. The molecule has 0 atom stereocenters. The number of rotatable bonds is 43. The second-order valence-corrected chi connectivity index (χ2v) is 14.9. The third-order valence-corrected chi connectivity index (χ3v) is 9.69. The molecule has 0 rings (SSSR count). The van der Waals surface area contributed by atoms with E-state index < -0.39 is 0 Å². The van der Waals surface area contributed by atoms with Crippen molar-refractivity contribution in [2.45, 2.75) is 207 Å². The van der Waals surface area contributed by atoms with Gasteiger partial charge in [-0.05, 0) is 96.6 Å². The van der Waals surface area contributed by atoms with Crippen LogP contribution in [0.1, 0.15) is 201 Å². The molecule has 1 N–H and O–H groups in total. The second kappa shape index (κ2) is 44.0. The number of unbranched alkanes of at least 4 members (excludes halogenated alkanes) is 18. The maximum atomic E-state index is 12.5. The third-order valence-electron chi connectivity index (χ3n) is 9.69. The summed E-state index contributed by atoms with van der Waals surface area (Å²) in [6.45, 7) is 11.8. The predicted octanol–water partition coefficient (Wildman–Crippen LogP) is 11.8. The first kappa shape index (κ1) is 52.3. The molecule has 0 aromatic rings. The average molecular weight is 766 g/mol. The zero-order valence-corrected chi connectivity index (χ0v) is 35.7. The van der Waals surface area contributed by atoms with E-state index in [0.29, 0.717) is 45.7 Å². The molecule has 54 heavy (non-hydrogen) atoms. The van der Waals surface area contributed by atoms with Gasteiger partial charge in [-0.15, -0.1) is 0 Å². The van der Waals surface area contributed by atoms with E-state index in [-0.39, 0.29) is 24.8 Å². The minimum absolute atomic E-state index is 0.0354. The van der Waals surface area contributed by atoms with Gasteiger partial charge in [0.2, 0.25) is 0 Å². The maximum Gasteiger partial charge on any atom is 0.305 e. The SMILES string of the molecule is CC/C=C\CCCCOC(CCC(=O)OCCCCCCN(CCO)CCCCCCCCC(=O)OCCCCCCCCC)OCCCC/C=C\CC. The number of carbonyl (C=O) groups excluding carboxylic acids is 2. The van der Waals surface area contributed by atoms with Crippen molar-refractivity contribution in [2.24, 2.45) is 0 Å². The molecule has 0 aliphatic carbocycles. The Balaban J connectivity index is 3.96. The van der Waals surface area contributed by atoms with Gasteiger partial charge in [-0.25, -0.2) is 0 Å². The lowest BCUT2D eigenvalue weighted by Gasteiger charge is -2.21. The standard InChI is InChI=1S/C46H87NO7/c1-4-7-10-13-18-24-29-40-51-44(49)33-26-19-16-17-20-27-36-47(38-39-48)37-28-21-25-30-41-52-45(50)34-35-46(53-42-31-22-14-11-8-5-2)54-43-32-23-15-12-9-6-3/h8-9,11-12,46,48H,4-7,10,13-43H2,1-3H3/b11-8-,12-9-. The fourth-order valence-corrected chi connectivity index (χ4v) is 6.33. The molecule has 0 aromatic heterocycles. The average Bonchev–Trinajstić information content (AvgIpc) is 3.17. The van der Waals surface area contributed by atoms with E-state index in [9.17, 15) is 14.7 Å². The molecule has 8 nitrogen and oxygen atoms in total. The van der Waals surface area contributed by atoms with Gasteiger partial charge in [-0.1, -0.05) is 122 Å². The fourth-order valence-electron chi connectivity index (χ4n) is 6.33. The summed E-state index contributed by atoms with van der Waals surface area (Å²) in [6, 6.07) is 0. The van der Waals surface area contributed by atoms with Gasteiger partial charge in [-0.3, -0.25) is 9.59 Å². The highest BCUT2D eigenvalue weighted by atomic mass is 16.7. The van der Waals surface area contributed by atoms with Gasteiger partial charge in [0.1, 0.15) is 0 Å². The number of aliphatic hydroxyl groups excluding tert-OH is 1. The van der Waals surface area contributed by atoms with Crippen LogP contribution >= 0.6 is 0 Å². The molecule has 318 valence electrons. The van der Waals surface area contributed by atoms with E-state index in [4.69, 9.17) is 18.9 Å². The molecule has 0 spiro atoms. The molecule has 0 unspecified atom stereocenters. The number of aliphatic hydroxyl groups is 1. The third kappa shape index (κ3) is 39.9. The van der Waals surface area contributed by atoms with Crippen LogP contribution in [0.2, 0.25) is 0 Å². The first-order chi connectivity index (χ1) is 26.6. The normalized spacial score (nSPS) is 11.9. The largest absolute Gasteiger partial charge is 0.466 e. The minimum atomic E-state index is -0.358. The number of allylic oxidation sites excluding steroid dienone is 4. The van der Waals surface area contributed by atoms with Crippen molar-refractivity contribution in [3.8, 4) is 0 Å². The number of nitrogens with zero attached hydrogens (tertiary/aromatic N) is 1. The van der Waals surface area contributed by atoms with Crippen molar-refractivity contribution in [2.75, 3.05) is 52.7 Å². The van der Waals surface area contributed by atoms with E-state index in [0.717, 1.165) is 135 Å². The maximum absolute atomic E-state index is 12.5. The summed E-state index contributed by atoms with van der Waals surface area (Å²) in [5, 5.41) is 9.54. The Bertz CT molecular complexity index is 825. The summed E-state index contributed by atoms with van der Waals surface area (Å²) >= 11 is 0. The Morgan fingerprint density at radius 1 is 0.500 bits per heavy atom. The van der Waals surface area contributed by atoms with Crippen molar-refractivity contribution < 1.29 is 33.6 Å². The molecule has 0 saturated carbocycles. The van der Waals surface area contributed by atoms with Crippen molar-refractivity contribution in [3.63, 3.8) is 0 Å². The smallest absolute Gasteiger partial charge is 0.305 e. The molecule has 0 radical (unpaired) electrons. The van der Waals surface area contributed by atoms with Crippen LogP contribution < -0.4 is 0 Å². The molecule has 0 fully saturated rings. The number of ether oxygens (including phenoxy) is 4. The van der Waals surface area contributed by atoms with Gasteiger partial charge in [0.15, 0.2) is 6.29 Å². The van der Waals surface area contributed by atoms with E-state index >= 15 is 0 Å². The van der Waals surface area contributed by atoms with Gasteiger partial charge >= 0.3 is 11.9 Å². The van der Waals surface area contributed by atoms with Crippen molar-refractivity contribution in [1.82, 2.24) is 4.90 Å². The predicted molar refractivity (Wildman–Crippen MR) is 226 cm³/mol. The Hall–Kier alpha value is -1.74. The summed E-state index contributed by atoms with van der Waals surface area (Å²) in [5.41, 5.74) is 0. The van der Waals surface area contributed by atoms with E-state index in [1.807, 2.05) is 0 Å². The summed E-state index contributed by atoms with van der Waals surface area (Å²) < 4.78 is 23.0. The topological polar surface area (TPSA) is 94.5 Å². The van der Waals surface area contributed by atoms with Crippen molar-refractivity contribution in [3.05, 3.63) is 24.3 Å². The molecule has 0 aliphatic rings. The second-order valence-electron chi connectivity index (χ2n) is 14.9.